The Bertz CT molecular complexity index is 153. The minimum atomic E-state index is 0.901. The van der Waals surface area contributed by atoms with Crippen molar-refractivity contribution in [3.63, 3.8) is 0 Å². The van der Waals surface area contributed by atoms with E-state index in [4.69, 9.17) is 0 Å². The Morgan fingerprint density at radius 1 is 1.08 bits per heavy atom. The summed E-state index contributed by atoms with van der Waals surface area (Å²) in [4.78, 5) is 2.73. The fourth-order valence-corrected chi connectivity index (χ4v) is 3.06. The summed E-state index contributed by atoms with van der Waals surface area (Å²) in [5.74, 6) is 1.91. The lowest BCUT2D eigenvalue weighted by Crippen LogP contribution is -2.38. The predicted octanol–water partition coefficient (Wildman–Crippen LogP) is 2.52. The van der Waals surface area contributed by atoms with Gasteiger partial charge in [-0.2, -0.15) is 0 Å². The van der Waals surface area contributed by atoms with Crippen molar-refractivity contribution in [1.29, 1.82) is 0 Å². The van der Waals surface area contributed by atoms with Gasteiger partial charge in [0.1, 0.15) is 0 Å². The summed E-state index contributed by atoms with van der Waals surface area (Å²) < 4.78 is 0. The Kier molecular flexibility index (Phi) is 2.40. The van der Waals surface area contributed by atoms with Crippen molar-refractivity contribution in [2.75, 3.05) is 13.1 Å². The zero-order chi connectivity index (χ0) is 8.55. The van der Waals surface area contributed by atoms with Gasteiger partial charge in [0.15, 0.2) is 0 Å². The van der Waals surface area contributed by atoms with Gasteiger partial charge >= 0.3 is 0 Å². The van der Waals surface area contributed by atoms with Gasteiger partial charge < -0.3 is 4.90 Å². The Morgan fingerprint density at radius 2 is 1.92 bits per heavy atom. The lowest BCUT2D eigenvalue weighted by Gasteiger charge is -2.33. The summed E-state index contributed by atoms with van der Waals surface area (Å²) in [5.41, 5.74) is 0. The maximum absolute atomic E-state index is 2.73. The van der Waals surface area contributed by atoms with Gasteiger partial charge in [-0.15, -0.1) is 0 Å². The van der Waals surface area contributed by atoms with Crippen molar-refractivity contribution in [3.05, 3.63) is 0 Å². The summed E-state index contributed by atoms with van der Waals surface area (Å²) in [6, 6.07) is 0.957. The van der Waals surface area contributed by atoms with Crippen molar-refractivity contribution in [2.24, 2.45) is 11.8 Å². The summed E-state index contributed by atoms with van der Waals surface area (Å²) >= 11 is 0. The topological polar surface area (TPSA) is 3.24 Å². The molecule has 2 unspecified atom stereocenters. The highest BCUT2D eigenvalue weighted by molar-refractivity contribution is 4.90. The molecule has 2 rings (SSSR count). The Hall–Kier alpha value is -0.0400. The van der Waals surface area contributed by atoms with Gasteiger partial charge in [0.2, 0.25) is 0 Å². The van der Waals surface area contributed by atoms with E-state index in [2.05, 4.69) is 18.7 Å². The molecule has 70 valence electrons. The molecule has 2 atom stereocenters. The molecule has 0 bridgehead atoms. The van der Waals surface area contributed by atoms with E-state index in [9.17, 15) is 0 Å². The highest BCUT2D eigenvalue weighted by Gasteiger charge is 2.36. The number of hydrogen-bond donors (Lipinski definition) is 0. The Morgan fingerprint density at radius 3 is 2.67 bits per heavy atom. The third kappa shape index (κ3) is 1.39. The third-order valence-electron chi connectivity index (χ3n) is 3.76. The lowest BCUT2D eigenvalue weighted by molar-refractivity contribution is 0.154. The molecule has 0 spiro atoms. The number of hydrogen-bond acceptors (Lipinski definition) is 1. The SMILES string of the molecule is CC(C)C1CCN2CCCCC12. The van der Waals surface area contributed by atoms with Crippen LogP contribution in [0.2, 0.25) is 0 Å². The molecule has 0 aromatic rings. The molecule has 0 N–H and O–H groups in total. The molecule has 1 heteroatoms. The van der Waals surface area contributed by atoms with E-state index in [-0.39, 0.29) is 0 Å². The van der Waals surface area contributed by atoms with Crippen molar-refractivity contribution in [3.8, 4) is 0 Å². The average Bonchev–Trinajstić information content (AvgIpc) is 2.47. The van der Waals surface area contributed by atoms with Crippen molar-refractivity contribution >= 4 is 0 Å². The smallest absolute Gasteiger partial charge is 0.0126 e. The summed E-state index contributed by atoms with van der Waals surface area (Å²) in [7, 11) is 0. The quantitative estimate of drug-likeness (QED) is 0.580. The van der Waals surface area contributed by atoms with Crippen LogP contribution < -0.4 is 0 Å². The van der Waals surface area contributed by atoms with Crippen LogP contribution in [0, 0.1) is 11.8 Å². The van der Waals surface area contributed by atoms with Crippen LogP contribution in [0.5, 0.6) is 0 Å². The minimum absolute atomic E-state index is 0.901. The van der Waals surface area contributed by atoms with Gasteiger partial charge in [-0.05, 0) is 44.2 Å². The molecule has 0 aliphatic carbocycles. The molecule has 1 nitrogen and oxygen atoms in total. The number of fused-ring (bicyclic) bond motifs is 1. The first kappa shape index (κ1) is 8.55. The van der Waals surface area contributed by atoms with Crippen molar-refractivity contribution < 1.29 is 0 Å². The van der Waals surface area contributed by atoms with E-state index >= 15 is 0 Å². The molecular weight excluding hydrogens is 146 g/mol. The predicted molar refractivity (Wildman–Crippen MR) is 52.2 cm³/mol. The first-order valence-corrected chi connectivity index (χ1v) is 5.53. The highest BCUT2D eigenvalue weighted by atomic mass is 15.2. The molecule has 0 amide bonds. The fourth-order valence-electron chi connectivity index (χ4n) is 3.06. The van der Waals surface area contributed by atoms with Crippen LogP contribution in [0.25, 0.3) is 0 Å². The largest absolute Gasteiger partial charge is 0.300 e. The minimum Gasteiger partial charge on any atom is -0.300 e. The van der Waals surface area contributed by atoms with Crippen LogP contribution in [-0.4, -0.2) is 24.0 Å². The maximum Gasteiger partial charge on any atom is 0.0126 e. The van der Waals surface area contributed by atoms with Gasteiger partial charge in [-0.25, -0.2) is 0 Å². The first-order chi connectivity index (χ1) is 5.79. The number of rotatable bonds is 1. The van der Waals surface area contributed by atoms with E-state index < -0.39 is 0 Å². The molecule has 0 aromatic heterocycles. The molecule has 2 saturated heterocycles. The van der Waals surface area contributed by atoms with E-state index in [1.165, 1.54) is 38.8 Å². The molecule has 2 aliphatic heterocycles. The van der Waals surface area contributed by atoms with Crippen molar-refractivity contribution in [1.82, 2.24) is 4.90 Å². The average molecular weight is 167 g/mol. The van der Waals surface area contributed by atoms with Gasteiger partial charge in [0.05, 0.1) is 0 Å². The summed E-state index contributed by atoms with van der Waals surface area (Å²) in [5, 5.41) is 0. The van der Waals surface area contributed by atoms with E-state index in [1.54, 1.807) is 0 Å². The fraction of sp³-hybridized carbons (Fsp3) is 1.00. The molecule has 2 heterocycles. The number of nitrogens with zero attached hydrogens (tertiary/aromatic N) is 1. The van der Waals surface area contributed by atoms with Crippen molar-refractivity contribution in [2.45, 2.75) is 45.6 Å². The molecule has 0 radical (unpaired) electrons. The summed E-state index contributed by atoms with van der Waals surface area (Å²) in [6.45, 7) is 7.55. The molecule has 12 heavy (non-hydrogen) atoms. The van der Waals surface area contributed by atoms with Gasteiger partial charge in [0.25, 0.3) is 0 Å². The molecule has 0 saturated carbocycles. The monoisotopic (exact) mass is 167 g/mol. The summed E-state index contributed by atoms with van der Waals surface area (Å²) in [6.07, 6.45) is 5.86. The number of piperidine rings is 1. The van der Waals surface area contributed by atoms with Gasteiger partial charge in [0, 0.05) is 6.04 Å². The zero-order valence-corrected chi connectivity index (χ0v) is 8.42. The third-order valence-corrected chi connectivity index (χ3v) is 3.76. The first-order valence-electron chi connectivity index (χ1n) is 5.53. The Balaban J connectivity index is 2.01. The van der Waals surface area contributed by atoms with Crippen LogP contribution in [0.15, 0.2) is 0 Å². The molecule has 2 fully saturated rings. The van der Waals surface area contributed by atoms with E-state index in [0.717, 1.165) is 17.9 Å². The second-order valence-corrected chi connectivity index (χ2v) is 4.80. The van der Waals surface area contributed by atoms with Crippen LogP contribution in [0.4, 0.5) is 0 Å². The second-order valence-electron chi connectivity index (χ2n) is 4.80. The van der Waals surface area contributed by atoms with Crippen LogP contribution in [0.1, 0.15) is 39.5 Å². The van der Waals surface area contributed by atoms with Gasteiger partial charge in [-0.1, -0.05) is 20.3 Å². The van der Waals surface area contributed by atoms with Gasteiger partial charge in [-0.3, -0.25) is 0 Å². The normalized spacial score (nSPS) is 37.2. The Labute approximate surface area is 76.1 Å². The molecule has 2 aliphatic rings. The zero-order valence-electron chi connectivity index (χ0n) is 8.42. The van der Waals surface area contributed by atoms with E-state index in [0.29, 0.717) is 0 Å². The second kappa shape index (κ2) is 3.37. The van der Waals surface area contributed by atoms with Crippen LogP contribution in [0.3, 0.4) is 0 Å². The molecule has 0 aromatic carbocycles. The lowest BCUT2D eigenvalue weighted by atomic mass is 9.85. The van der Waals surface area contributed by atoms with E-state index in [1.807, 2.05) is 0 Å². The van der Waals surface area contributed by atoms with Crippen LogP contribution in [-0.2, 0) is 0 Å². The standard InChI is InChI=1S/C11H21N/c1-9(2)10-6-8-12-7-4-3-5-11(10)12/h9-11H,3-8H2,1-2H3. The highest BCUT2D eigenvalue weighted by Crippen LogP contribution is 2.35. The molecular formula is C11H21N. The maximum atomic E-state index is 2.73. The van der Waals surface area contributed by atoms with Crippen LogP contribution >= 0.6 is 0 Å².